The molecule has 0 atom stereocenters. The average molecular weight is 256 g/mol. The van der Waals surface area contributed by atoms with Gasteiger partial charge in [0, 0.05) is 10.6 Å². The zero-order valence-electron chi connectivity index (χ0n) is 8.11. The molecule has 0 saturated carbocycles. The van der Waals surface area contributed by atoms with Crippen molar-refractivity contribution in [1.29, 1.82) is 0 Å². The highest BCUT2D eigenvalue weighted by Crippen LogP contribution is 2.22. The van der Waals surface area contributed by atoms with E-state index in [2.05, 4.69) is 15.5 Å². The number of hydrogen-bond acceptors (Lipinski definition) is 6. The molecule has 8 heteroatoms. The Bertz CT molecular complexity index is 468. The molecule has 2 rings (SSSR count). The van der Waals surface area contributed by atoms with Crippen LogP contribution in [0.15, 0.2) is 22.7 Å². The summed E-state index contributed by atoms with van der Waals surface area (Å²) in [6.45, 7) is -0.209. The first-order valence-electron chi connectivity index (χ1n) is 4.39. The zero-order chi connectivity index (χ0) is 11.4. The molecule has 0 aromatic carbocycles. The van der Waals surface area contributed by atoms with Gasteiger partial charge in [0.2, 0.25) is 5.16 Å². The van der Waals surface area contributed by atoms with Gasteiger partial charge in [-0.2, -0.15) is 0 Å². The maximum atomic E-state index is 10.5. The van der Waals surface area contributed by atoms with Gasteiger partial charge in [-0.15, -0.1) is 16.4 Å². The fourth-order valence-corrected chi connectivity index (χ4v) is 2.71. The van der Waals surface area contributed by atoms with Crippen LogP contribution in [0.5, 0.6) is 0 Å². The Hall–Kier alpha value is -1.41. The summed E-state index contributed by atoms with van der Waals surface area (Å²) in [5.41, 5.74) is 0. The molecule has 0 unspecified atom stereocenters. The molecule has 6 nitrogen and oxygen atoms in total. The van der Waals surface area contributed by atoms with Crippen molar-refractivity contribution in [3.63, 3.8) is 0 Å². The summed E-state index contributed by atoms with van der Waals surface area (Å²) in [5.74, 6) is -0.206. The van der Waals surface area contributed by atoms with Crippen molar-refractivity contribution in [3.05, 3.63) is 22.4 Å². The van der Waals surface area contributed by atoms with E-state index in [0.29, 0.717) is 5.16 Å². The second-order valence-corrected chi connectivity index (χ2v) is 4.86. The third kappa shape index (κ3) is 2.80. The number of hydrogen-bond donors (Lipinski definition) is 1. The fraction of sp³-hybridized carbons (Fsp3) is 0.250. The Labute approximate surface area is 99.3 Å². The van der Waals surface area contributed by atoms with E-state index in [-0.39, 0.29) is 6.54 Å². The lowest BCUT2D eigenvalue weighted by Gasteiger charge is -1.99. The summed E-state index contributed by atoms with van der Waals surface area (Å²) in [7, 11) is 0. The summed E-state index contributed by atoms with van der Waals surface area (Å²) < 4.78 is 1.28. The standard InChI is InChI=1S/C8H8N4O2S2/c13-7(14)4-12-8(9-10-11-12)16-5-6-2-1-3-15-6/h1-3H,4-5H2,(H,13,14). The number of nitrogens with zero attached hydrogens (tertiary/aromatic N) is 4. The van der Waals surface area contributed by atoms with Crippen LogP contribution in [0.2, 0.25) is 0 Å². The lowest BCUT2D eigenvalue weighted by atomic mass is 10.5. The van der Waals surface area contributed by atoms with Crippen LogP contribution in [0, 0.1) is 0 Å². The lowest BCUT2D eigenvalue weighted by Crippen LogP contribution is -2.11. The van der Waals surface area contributed by atoms with E-state index >= 15 is 0 Å². The van der Waals surface area contributed by atoms with Gasteiger partial charge < -0.3 is 5.11 Å². The Kier molecular flexibility index (Phi) is 3.52. The molecular formula is C8H8N4O2S2. The van der Waals surface area contributed by atoms with Gasteiger partial charge in [0.15, 0.2) is 0 Å². The second kappa shape index (κ2) is 5.08. The van der Waals surface area contributed by atoms with Crippen molar-refractivity contribution in [3.8, 4) is 0 Å². The molecule has 0 saturated heterocycles. The van der Waals surface area contributed by atoms with E-state index in [1.165, 1.54) is 21.3 Å². The number of carbonyl (C=O) groups is 1. The first kappa shape index (κ1) is 11.1. The molecule has 0 bridgehead atoms. The van der Waals surface area contributed by atoms with Crippen molar-refractivity contribution in [2.75, 3.05) is 0 Å². The van der Waals surface area contributed by atoms with Crippen LogP contribution in [0.3, 0.4) is 0 Å². The van der Waals surface area contributed by atoms with E-state index in [1.54, 1.807) is 11.3 Å². The van der Waals surface area contributed by atoms with E-state index in [1.807, 2.05) is 17.5 Å². The molecule has 0 radical (unpaired) electrons. The maximum Gasteiger partial charge on any atom is 0.325 e. The predicted molar refractivity (Wildman–Crippen MR) is 59.3 cm³/mol. The quantitative estimate of drug-likeness (QED) is 0.807. The molecule has 0 spiro atoms. The van der Waals surface area contributed by atoms with Gasteiger partial charge in [-0.3, -0.25) is 4.79 Å². The van der Waals surface area contributed by atoms with Crippen LogP contribution in [-0.2, 0) is 17.1 Å². The summed E-state index contributed by atoms with van der Waals surface area (Å²) in [4.78, 5) is 11.7. The molecule has 16 heavy (non-hydrogen) atoms. The van der Waals surface area contributed by atoms with E-state index in [0.717, 1.165) is 5.75 Å². The number of thioether (sulfide) groups is 1. The smallest absolute Gasteiger partial charge is 0.325 e. The van der Waals surface area contributed by atoms with Crippen LogP contribution in [0.25, 0.3) is 0 Å². The molecule has 2 aromatic rings. The van der Waals surface area contributed by atoms with Gasteiger partial charge in [0.1, 0.15) is 6.54 Å². The van der Waals surface area contributed by atoms with E-state index < -0.39 is 5.97 Å². The van der Waals surface area contributed by atoms with Crippen molar-refractivity contribution in [1.82, 2.24) is 20.2 Å². The Morgan fingerprint density at radius 3 is 3.19 bits per heavy atom. The Morgan fingerprint density at radius 1 is 1.62 bits per heavy atom. The highest BCUT2D eigenvalue weighted by atomic mass is 32.2. The van der Waals surface area contributed by atoms with Gasteiger partial charge in [-0.1, -0.05) is 17.8 Å². The van der Waals surface area contributed by atoms with Crippen molar-refractivity contribution in [2.45, 2.75) is 17.5 Å². The number of aliphatic carboxylic acids is 1. The van der Waals surface area contributed by atoms with Gasteiger partial charge in [-0.25, -0.2) is 4.68 Å². The van der Waals surface area contributed by atoms with Gasteiger partial charge >= 0.3 is 5.97 Å². The highest BCUT2D eigenvalue weighted by Gasteiger charge is 2.10. The van der Waals surface area contributed by atoms with Crippen LogP contribution < -0.4 is 0 Å². The van der Waals surface area contributed by atoms with Gasteiger partial charge in [0.25, 0.3) is 0 Å². The molecule has 1 N–H and O–H groups in total. The van der Waals surface area contributed by atoms with Gasteiger partial charge in [0.05, 0.1) is 0 Å². The summed E-state index contributed by atoms with van der Waals surface area (Å²) >= 11 is 3.08. The molecule has 0 amide bonds. The summed E-state index contributed by atoms with van der Waals surface area (Å²) in [5, 5.41) is 22.0. The summed E-state index contributed by atoms with van der Waals surface area (Å²) in [6.07, 6.45) is 0. The number of tetrazole rings is 1. The number of carboxylic acid groups (broad SMARTS) is 1. The molecular weight excluding hydrogens is 248 g/mol. The van der Waals surface area contributed by atoms with Crippen LogP contribution in [0.4, 0.5) is 0 Å². The minimum atomic E-state index is -0.953. The SMILES string of the molecule is O=C(O)Cn1nnnc1SCc1cccs1. The van der Waals surface area contributed by atoms with Crippen molar-refractivity contribution in [2.24, 2.45) is 0 Å². The highest BCUT2D eigenvalue weighted by molar-refractivity contribution is 7.98. The molecule has 0 aliphatic carbocycles. The molecule has 84 valence electrons. The molecule has 0 aliphatic rings. The zero-order valence-corrected chi connectivity index (χ0v) is 9.74. The average Bonchev–Trinajstić information content (AvgIpc) is 2.84. The lowest BCUT2D eigenvalue weighted by molar-refractivity contribution is -0.138. The van der Waals surface area contributed by atoms with E-state index in [9.17, 15) is 4.79 Å². The predicted octanol–water partition coefficient (Wildman–Crippen LogP) is 1.11. The second-order valence-electron chi connectivity index (χ2n) is 2.88. The van der Waals surface area contributed by atoms with Gasteiger partial charge in [-0.05, 0) is 21.9 Å². The third-order valence-corrected chi connectivity index (χ3v) is 3.77. The first-order chi connectivity index (χ1) is 7.75. The first-order valence-corrected chi connectivity index (χ1v) is 6.25. The minimum absolute atomic E-state index is 0.209. The Balaban J connectivity index is 1.99. The molecule has 0 aliphatic heterocycles. The monoisotopic (exact) mass is 256 g/mol. The summed E-state index contributed by atoms with van der Waals surface area (Å²) in [6, 6.07) is 3.99. The molecule has 2 heterocycles. The largest absolute Gasteiger partial charge is 0.480 e. The van der Waals surface area contributed by atoms with Crippen LogP contribution in [0.1, 0.15) is 4.88 Å². The third-order valence-electron chi connectivity index (χ3n) is 1.71. The van der Waals surface area contributed by atoms with Crippen LogP contribution in [-0.4, -0.2) is 31.3 Å². The topological polar surface area (TPSA) is 80.9 Å². The normalized spacial score (nSPS) is 10.5. The fourth-order valence-electron chi connectivity index (χ4n) is 1.06. The number of thiophene rings is 1. The number of aromatic nitrogens is 4. The number of rotatable bonds is 5. The number of carboxylic acids is 1. The van der Waals surface area contributed by atoms with Crippen LogP contribution >= 0.6 is 23.1 Å². The molecule has 2 aromatic heterocycles. The van der Waals surface area contributed by atoms with Crippen molar-refractivity contribution < 1.29 is 9.90 Å². The Morgan fingerprint density at radius 2 is 2.50 bits per heavy atom. The molecule has 0 fully saturated rings. The van der Waals surface area contributed by atoms with Crippen molar-refractivity contribution >= 4 is 29.1 Å². The minimum Gasteiger partial charge on any atom is -0.480 e. The maximum absolute atomic E-state index is 10.5. The van der Waals surface area contributed by atoms with E-state index in [4.69, 9.17) is 5.11 Å².